The van der Waals surface area contributed by atoms with Crippen LogP contribution in [0.15, 0.2) is 29.2 Å². The van der Waals surface area contributed by atoms with Crippen LogP contribution in [0.3, 0.4) is 0 Å². The van der Waals surface area contributed by atoms with E-state index in [2.05, 4.69) is 12.2 Å². The molecule has 24 heavy (non-hydrogen) atoms. The number of amides is 1. The molecule has 2 unspecified atom stereocenters. The van der Waals surface area contributed by atoms with Crippen molar-refractivity contribution in [1.29, 1.82) is 0 Å². The van der Waals surface area contributed by atoms with Crippen LogP contribution in [0.25, 0.3) is 0 Å². The molecule has 2 fully saturated rings. The predicted octanol–water partition coefficient (Wildman–Crippen LogP) is 1.62. The molecule has 1 amide bonds. The first kappa shape index (κ1) is 17.2. The highest BCUT2D eigenvalue weighted by molar-refractivity contribution is 7.89. The molecule has 1 aliphatic carbocycles. The van der Waals surface area contributed by atoms with Crippen molar-refractivity contribution in [3.63, 3.8) is 0 Å². The molecule has 1 aromatic rings. The molecule has 1 heterocycles. The Morgan fingerprint density at radius 2 is 1.79 bits per heavy atom. The third-order valence-corrected chi connectivity index (χ3v) is 6.86. The zero-order valence-corrected chi connectivity index (χ0v) is 14.9. The number of carbonyl (C=O) groups is 1. The summed E-state index contributed by atoms with van der Waals surface area (Å²) in [6.07, 6.45) is 2.28. The van der Waals surface area contributed by atoms with Gasteiger partial charge in [0.05, 0.1) is 12.0 Å². The van der Waals surface area contributed by atoms with E-state index in [1.165, 1.54) is 4.31 Å². The average molecular weight is 352 g/mol. The maximum atomic E-state index is 12.7. The second-order valence-corrected chi connectivity index (χ2v) is 8.62. The first-order valence-corrected chi connectivity index (χ1v) is 9.80. The molecule has 0 aromatic heterocycles. The molecular formula is C17H24N2O4S. The lowest BCUT2D eigenvalue weighted by molar-refractivity contribution is -0.123. The van der Waals surface area contributed by atoms with Crippen LogP contribution < -0.4 is 10.1 Å². The topological polar surface area (TPSA) is 75.7 Å². The van der Waals surface area contributed by atoms with Gasteiger partial charge in [-0.3, -0.25) is 4.79 Å². The third-order valence-electron chi connectivity index (χ3n) is 4.94. The van der Waals surface area contributed by atoms with Crippen LogP contribution in [0.2, 0.25) is 0 Å². The Labute approximate surface area is 143 Å². The number of rotatable bonds is 5. The molecule has 1 saturated heterocycles. The van der Waals surface area contributed by atoms with E-state index < -0.39 is 10.0 Å². The fourth-order valence-corrected chi connectivity index (χ4v) is 4.60. The van der Waals surface area contributed by atoms with E-state index in [1.54, 1.807) is 31.4 Å². The highest BCUT2D eigenvalue weighted by Crippen LogP contribution is 2.38. The van der Waals surface area contributed by atoms with Crippen molar-refractivity contribution in [3.05, 3.63) is 24.3 Å². The normalized spacial score (nSPS) is 25.2. The summed E-state index contributed by atoms with van der Waals surface area (Å²) in [4.78, 5) is 12.3. The molecule has 6 nitrogen and oxygen atoms in total. The van der Waals surface area contributed by atoms with Gasteiger partial charge < -0.3 is 10.1 Å². The molecular weight excluding hydrogens is 328 g/mol. The van der Waals surface area contributed by atoms with Crippen LogP contribution in [0.4, 0.5) is 0 Å². The number of methoxy groups -OCH3 is 1. The lowest BCUT2D eigenvalue weighted by atomic mass is 10.1. The monoisotopic (exact) mass is 352 g/mol. The molecule has 1 aromatic carbocycles. The zero-order chi connectivity index (χ0) is 17.3. The summed E-state index contributed by atoms with van der Waals surface area (Å²) in [7, 11) is -1.94. The van der Waals surface area contributed by atoms with Gasteiger partial charge in [-0.15, -0.1) is 0 Å². The molecule has 0 radical (unpaired) electrons. The molecule has 0 spiro atoms. The summed E-state index contributed by atoms with van der Waals surface area (Å²) >= 11 is 0. The predicted molar refractivity (Wildman–Crippen MR) is 90.2 cm³/mol. The van der Waals surface area contributed by atoms with Gasteiger partial charge >= 0.3 is 0 Å². The smallest absolute Gasteiger partial charge is 0.243 e. The SMILES string of the molecule is COc1ccc(S(=O)(=O)N2CCC(NC(=O)C3CC3C)CC2)cc1. The maximum absolute atomic E-state index is 12.7. The molecule has 2 aliphatic rings. The number of nitrogens with zero attached hydrogens (tertiary/aromatic N) is 1. The molecule has 1 aliphatic heterocycles. The highest BCUT2D eigenvalue weighted by atomic mass is 32.2. The summed E-state index contributed by atoms with van der Waals surface area (Å²) < 4.78 is 31.9. The Kier molecular flexibility index (Phi) is 4.83. The van der Waals surface area contributed by atoms with E-state index in [0.29, 0.717) is 37.6 Å². The van der Waals surface area contributed by atoms with Crippen molar-refractivity contribution in [2.24, 2.45) is 11.8 Å². The minimum absolute atomic E-state index is 0.0765. The van der Waals surface area contributed by atoms with Gasteiger partial charge in [0.2, 0.25) is 15.9 Å². The van der Waals surface area contributed by atoms with Crippen molar-refractivity contribution in [1.82, 2.24) is 9.62 Å². The fraction of sp³-hybridized carbons (Fsp3) is 0.588. The average Bonchev–Trinajstić information content (AvgIpc) is 3.32. The number of piperidine rings is 1. The number of benzene rings is 1. The lowest BCUT2D eigenvalue weighted by Gasteiger charge is -2.31. The Bertz CT molecular complexity index is 694. The molecule has 2 atom stereocenters. The number of carbonyl (C=O) groups excluding carboxylic acids is 1. The van der Waals surface area contributed by atoms with E-state index in [-0.39, 0.29) is 22.8 Å². The minimum Gasteiger partial charge on any atom is -0.497 e. The van der Waals surface area contributed by atoms with E-state index in [9.17, 15) is 13.2 Å². The summed E-state index contributed by atoms with van der Waals surface area (Å²) in [6, 6.07) is 6.51. The second-order valence-electron chi connectivity index (χ2n) is 6.68. The van der Waals surface area contributed by atoms with Crippen molar-refractivity contribution < 1.29 is 17.9 Å². The fourth-order valence-electron chi connectivity index (χ4n) is 3.13. The van der Waals surface area contributed by atoms with E-state index in [0.717, 1.165) is 6.42 Å². The minimum atomic E-state index is -3.49. The largest absolute Gasteiger partial charge is 0.497 e. The van der Waals surface area contributed by atoms with Crippen LogP contribution >= 0.6 is 0 Å². The van der Waals surface area contributed by atoms with Crippen molar-refractivity contribution in [2.75, 3.05) is 20.2 Å². The van der Waals surface area contributed by atoms with Gasteiger partial charge in [0, 0.05) is 25.0 Å². The summed E-state index contributed by atoms with van der Waals surface area (Å²) in [6.45, 7) is 2.94. The number of ether oxygens (including phenoxy) is 1. The quantitative estimate of drug-likeness (QED) is 0.874. The Hall–Kier alpha value is -1.60. The van der Waals surface area contributed by atoms with Crippen LogP contribution in [-0.4, -0.2) is 44.9 Å². The van der Waals surface area contributed by atoms with Gasteiger partial charge in [0.25, 0.3) is 0 Å². The zero-order valence-electron chi connectivity index (χ0n) is 14.1. The van der Waals surface area contributed by atoms with Gasteiger partial charge in [0.1, 0.15) is 5.75 Å². The first-order chi connectivity index (χ1) is 11.4. The van der Waals surface area contributed by atoms with Crippen LogP contribution in [0.1, 0.15) is 26.2 Å². The van der Waals surface area contributed by atoms with E-state index >= 15 is 0 Å². The molecule has 1 N–H and O–H groups in total. The van der Waals surface area contributed by atoms with Gasteiger partial charge in [-0.2, -0.15) is 4.31 Å². The number of hydrogen-bond donors (Lipinski definition) is 1. The molecule has 1 saturated carbocycles. The van der Waals surface area contributed by atoms with Crippen molar-refractivity contribution in [3.8, 4) is 5.75 Å². The van der Waals surface area contributed by atoms with Crippen molar-refractivity contribution in [2.45, 2.75) is 37.1 Å². The van der Waals surface area contributed by atoms with E-state index in [4.69, 9.17) is 4.74 Å². The Morgan fingerprint density at radius 1 is 1.21 bits per heavy atom. The first-order valence-electron chi connectivity index (χ1n) is 8.36. The lowest BCUT2D eigenvalue weighted by Crippen LogP contribution is -2.46. The van der Waals surface area contributed by atoms with Crippen LogP contribution in [0.5, 0.6) is 5.75 Å². The third kappa shape index (κ3) is 3.57. The molecule has 3 rings (SSSR count). The summed E-state index contributed by atoms with van der Waals surface area (Å²) in [5.41, 5.74) is 0. The number of hydrogen-bond acceptors (Lipinski definition) is 4. The highest BCUT2D eigenvalue weighted by Gasteiger charge is 2.40. The van der Waals surface area contributed by atoms with Gasteiger partial charge in [-0.05, 0) is 49.4 Å². The maximum Gasteiger partial charge on any atom is 0.243 e. The van der Waals surface area contributed by atoms with Crippen LogP contribution in [-0.2, 0) is 14.8 Å². The Morgan fingerprint density at radius 3 is 2.29 bits per heavy atom. The molecule has 7 heteroatoms. The van der Waals surface area contributed by atoms with E-state index in [1.807, 2.05) is 0 Å². The number of nitrogens with one attached hydrogen (secondary N) is 1. The van der Waals surface area contributed by atoms with Crippen LogP contribution in [0, 0.1) is 11.8 Å². The molecule has 132 valence electrons. The summed E-state index contributed by atoms with van der Waals surface area (Å²) in [5, 5.41) is 3.06. The van der Waals surface area contributed by atoms with Gasteiger partial charge in [-0.25, -0.2) is 8.42 Å². The van der Waals surface area contributed by atoms with Crippen molar-refractivity contribution >= 4 is 15.9 Å². The van der Waals surface area contributed by atoms with Gasteiger partial charge in [0.15, 0.2) is 0 Å². The standard InChI is InChI=1S/C17H24N2O4S/c1-12-11-16(12)17(20)18-13-7-9-19(10-8-13)24(21,22)15-5-3-14(23-2)4-6-15/h3-6,12-13,16H,7-11H2,1-2H3,(H,18,20). The molecule has 0 bridgehead atoms. The Balaban J connectivity index is 1.57. The summed E-state index contributed by atoms with van der Waals surface area (Å²) in [5.74, 6) is 1.40. The van der Waals surface area contributed by atoms with Gasteiger partial charge in [-0.1, -0.05) is 6.92 Å². The number of sulfonamides is 1. The second kappa shape index (κ2) is 6.72.